The van der Waals surface area contributed by atoms with Crippen molar-refractivity contribution < 1.29 is 4.79 Å². The van der Waals surface area contributed by atoms with Gasteiger partial charge in [-0.3, -0.25) is 4.79 Å². The zero-order valence-corrected chi connectivity index (χ0v) is 15.6. The van der Waals surface area contributed by atoms with Crippen molar-refractivity contribution in [3.8, 4) is 0 Å². The van der Waals surface area contributed by atoms with Crippen LogP contribution in [0.25, 0.3) is 0 Å². The number of nitrogens with two attached hydrogens (primary N) is 1. The van der Waals surface area contributed by atoms with Crippen molar-refractivity contribution in [1.82, 2.24) is 5.32 Å². The molecule has 4 rings (SSSR count). The molecule has 0 aliphatic heterocycles. The SMILES string of the molecule is Nc1ccc(Nc2ccccc2Sc2ccccc2)c(C(=O)NC2CC2)c1. The van der Waals surface area contributed by atoms with Crippen LogP contribution < -0.4 is 16.4 Å². The highest BCUT2D eigenvalue weighted by molar-refractivity contribution is 7.99. The molecule has 1 fully saturated rings. The van der Waals surface area contributed by atoms with Crippen LogP contribution in [0.1, 0.15) is 23.2 Å². The minimum Gasteiger partial charge on any atom is -0.399 e. The lowest BCUT2D eigenvalue weighted by molar-refractivity contribution is 0.0952. The maximum absolute atomic E-state index is 12.6. The Morgan fingerprint density at radius 3 is 2.44 bits per heavy atom. The van der Waals surface area contributed by atoms with Gasteiger partial charge in [0.25, 0.3) is 5.91 Å². The van der Waals surface area contributed by atoms with E-state index in [1.54, 1.807) is 17.8 Å². The van der Waals surface area contributed by atoms with E-state index in [1.807, 2.05) is 48.5 Å². The molecule has 0 unspecified atom stereocenters. The van der Waals surface area contributed by atoms with E-state index in [0.29, 0.717) is 17.3 Å². The summed E-state index contributed by atoms with van der Waals surface area (Å²) in [4.78, 5) is 14.9. The number of para-hydroxylation sites is 1. The molecule has 0 atom stereocenters. The predicted molar refractivity (Wildman–Crippen MR) is 112 cm³/mol. The van der Waals surface area contributed by atoms with E-state index in [-0.39, 0.29) is 5.91 Å². The highest BCUT2D eigenvalue weighted by Gasteiger charge is 2.25. The lowest BCUT2D eigenvalue weighted by Gasteiger charge is -2.15. The molecule has 136 valence electrons. The van der Waals surface area contributed by atoms with Crippen molar-refractivity contribution in [2.45, 2.75) is 28.7 Å². The minimum atomic E-state index is -0.0829. The predicted octanol–water partition coefficient (Wildman–Crippen LogP) is 5.06. The summed E-state index contributed by atoms with van der Waals surface area (Å²) in [5.74, 6) is -0.0829. The molecule has 0 saturated heterocycles. The fourth-order valence-electron chi connectivity index (χ4n) is 2.77. The van der Waals surface area contributed by atoms with Crippen LogP contribution in [0.15, 0.2) is 82.6 Å². The molecule has 0 radical (unpaired) electrons. The number of amides is 1. The number of nitrogens with one attached hydrogen (secondary N) is 2. The van der Waals surface area contributed by atoms with E-state index >= 15 is 0 Å². The van der Waals surface area contributed by atoms with Crippen LogP contribution in [0, 0.1) is 0 Å². The van der Waals surface area contributed by atoms with E-state index in [0.717, 1.165) is 34.0 Å². The number of hydrogen-bond acceptors (Lipinski definition) is 4. The number of carbonyl (C=O) groups excluding carboxylic acids is 1. The summed E-state index contributed by atoms with van der Waals surface area (Å²) in [6, 6.07) is 24.0. The van der Waals surface area contributed by atoms with E-state index < -0.39 is 0 Å². The summed E-state index contributed by atoms with van der Waals surface area (Å²) >= 11 is 1.68. The highest BCUT2D eigenvalue weighted by Crippen LogP contribution is 2.35. The highest BCUT2D eigenvalue weighted by atomic mass is 32.2. The molecule has 3 aromatic carbocycles. The quantitative estimate of drug-likeness (QED) is 0.527. The third kappa shape index (κ3) is 4.44. The largest absolute Gasteiger partial charge is 0.399 e. The molecule has 1 aliphatic rings. The Labute approximate surface area is 163 Å². The van der Waals surface area contributed by atoms with Gasteiger partial charge in [-0.25, -0.2) is 0 Å². The molecule has 27 heavy (non-hydrogen) atoms. The lowest BCUT2D eigenvalue weighted by atomic mass is 10.1. The second-order valence-electron chi connectivity index (χ2n) is 6.59. The first-order valence-corrected chi connectivity index (χ1v) is 9.80. The lowest BCUT2D eigenvalue weighted by Crippen LogP contribution is -2.26. The van der Waals surface area contributed by atoms with Gasteiger partial charge in [0.2, 0.25) is 0 Å². The number of rotatable bonds is 6. The second-order valence-corrected chi connectivity index (χ2v) is 7.70. The molecule has 1 amide bonds. The van der Waals surface area contributed by atoms with Gasteiger partial charge in [-0.05, 0) is 55.3 Å². The van der Waals surface area contributed by atoms with Crippen molar-refractivity contribution >= 4 is 34.7 Å². The average Bonchev–Trinajstić information content (AvgIpc) is 3.49. The first-order valence-electron chi connectivity index (χ1n) is 8.98. The van der Waals surface area contributed by atoms with Gasteiger partial charge in [0.05, 0.1) is 16.9 Å². The molecule has 3 aromatic rings. The maximum atomic E-state index is 12.6. The minimum absolute atomic E-state index is 0.0829. The molecule has 4 nitrogen and oxygen atoms in total. The zero-order chi connectivity index (χ0) is 18.6. The normalized spacial score (nSPS) is 13.2. The molecule has 4 N–H and O–H groups in total. The average molecular weight is 375 g/mol. The smallest absolute Gasteiger partial charge is 0.253 e. The summed E-state index contributed by atoms with van der Waals surface area (Å²) in [5.41, 5.74) is 8.78. The van der Waals surface area contributed by atoms with Gasteiger partial charge in [0.15, 0.2) is 0 Å². The second kappa shape index (κ2) is 7.76. The first kappa shape index (κ1) is 17.5. The number of hydrogen-bond donors (Lipinski definition) is 3. The summed E-state index contributed by atoms with van der Waals surface area (Å²) in [5, 5.41) is 6.46. The Hall–Kier alpha value is -2.92. The van der Waals surface area contributed by atoms with E-state index in [4.69, 9.17) is 5.73 Å². The van der Waals surface area contributed by atoms with Gasteiger partial charge >= 0.3 is 0 Å². The Morgan fingerprint density at radius 2 is 1.67 bits per heavy atom. The van der Waals surface area contributed by atoms with Crippen molar-refractivity contribution in [3.05, 3.63) is 78.4 Å². The van der Waals surface area contributed by atoms with Crippen LogP contribution in [-0.2, 0) is 0 Å². The van der Waals surface area contributed by atoms with Gasteiger partial charge in [-0.15, -0.1) is 0 Å². The molecule has 1 saturated carbocycles. The zero-order valence-electron chi connectivity index (χ0n) is 14.8. The van der Waals surface area contributed by atoms with Crippen molar-refractivity contribution in [1.29, 1.82) is 0 Å². The van der Waals surface area contributed by atoms with Gasteiger partial charge in [-0.2, -0.15) is 0 Å². The Bertz CT molecular complexity index is 955. The van der Waals surface area contributed by atoms with Gasteiger partial charge in [-0.1, -0.05) is 42.1 Å². The number of nitrogen functional groups attached to an aromatic ring is 1. The molecule has 0 heterocycles. The van der Waals surface area contributed by atoms with Crippen LogP contribution in [0.3, 0.4) is 0 Å². The third-order valence-electron chi connectivity index (χ3n) is 4.33. The summed E-state index contributed by atoms with van der Waals surface area (Å²) in [6.07, 6.45) is 2.10. The van der Waals surface area contributed by atoms with E-state index in [9.17, 15) is 4.79 Å². The first-order chi connectivity index (χ1) is 13.2. The van der Waals surface area contributed by atoms with Gasteiger partial charge < -0.3 is 16.4 Å². The van der Waals surface area contributed by atoms with Crippen molar-refractivity contribution in [2.75, 3.05) is 11.1 Å². The Balaban J connectivity index is 1.61. The van der Waals surface area contributed by atoms with Crippen LogP contribution >= 0.6 is 11.8 Å². The van der Waals surface area contributed by atoms with Crippen molar-refractivity contribution in [2.24, 2.45) is 0 Å². The molecule has 5 heteroatoms. The summed E-state index contributed by atoms with van der Waals surface area (Å²) < 4.78 is 0. The summed E-state index contributed by atoms with van der Waals surface area (Å²) in [6.45, 7) is 0. The monoisotopic (exact) mass is 375 g/mol. The van der Waals surface area contributed by atoms with Crippen LogP contribution in [-0.4, -0.2) is 11.9 Å². The summed E-state index contributed by atoms with van der Waals surface area (Å²) in [7, 11) is 0. The van der Waals surface area contributed by atoms with Crippen molar-refractivity contribution in [3.63, 3.8) is 0 Å². The topological polar surface area (TPSA) is 67.1 Å². The van der Waals surface area contributed by atoms with E-state index in [1.165, 1.54) is 0 Å². The van der Waals surface area contributed by atoms with Crippen LogP contribution in [0.5, 0.6) is 0 Å². The standard InChI is InChI=1S/C22H21N3OS/c23-15-10-13-19(18(14-15)22(26)24-16-11-12-16)25-20-8-4-5-9-21(20)27-17-6-2-1-3-7-17/h1-10,13-14,16,25H,11-12,23H2,(H,24,26). The molecule has 1 aliphatic carbocycles. The maximum Gasteiger partial charge on any atom is 0.253 e. The van der Waals surface area contributed by atoms with Gasteiger partial charge in [0, 0.05) is 21.5 Å². The number of carbonyl (C=O) groups is 1. The van der Waals surface area contributed by atoms with Crippen LogP contribution in [0.2, 0.25) is 0 Å². The Morgan fingerprint density at radius 1 is 0.926 bits per heavy atom. The molecule has 0 bridgehead atoms. The molecular weight excluding hydrogens is 354 g/mol. The third-order valence-corrected chi connectivity index (χ3v) is 5.41. The molecular formula is C22H21N3OS. The van der Waals surface area contributed by atoms with Gasteiger partial charge in [0.1, 0.15) is 0 Å². The number of benzene rings is 3. The molecule has 0 aromatic heterocycles. The van der Waals surface area contributed by atoms with E-state index in [2.05, 4.69) is 28.8 Å². The van der Waals surface area contributed by atoms with Crippen LogP contribution in [0.4, 0.5) is 17.1 Å². The number of anilines is 3. The fourth-order valence-corrected chi connectivity index (χ4v) is 3.69. The Kier molecular flexibility index (Phi) is 5.03. The fraction of sp³-hybridized carbons (Fsp3) is 0.136. The molecule has 0 spiro atoms.